The predicted molar refractivity (Wildman–Crippen MR) is 73.1 cm³/mol. The summed E-state index contributed by atoms with van der Waals surface area (Å²) in [7, 11) is 0. The molecule has 5 heteroatoms. The molecule has 1 amide bonds. The Bertz CT molecular complexity index is 321. The molecule has 0 aromatic carbocycles. The third-order valence-electron chi connectivity index (χ3n) is 3.68. The number of carbonyl (C=O) groups is 1. The summed E-state index contributed by atoms with van der Waals surface area (Å²) in [6.07, 6.45) is 3.03. The molecule has 2 aliphatic rings. The summed E-state index contributed by atoms with van der Waals surface area (Å²) in [5.41, 5.74) is -0.428. The van der Waals surface area contributed by atoms with E-state index in [1.807, 2.05) is 20.8 Å². The molecule has 2 atom stereocenters. The van der Waals surface area contributed by atoms with Crippen molar-refractivity contribution in [1.29, 1.82) is 0 Å². The van der Waals surface area contributed by atoms with Crippen LogP contribution in [0.5, 0.6) is 0 Å². The van der Waals surface area contributed by atoms with Crippen LogP contribution in [-0.4, -0.2) is 42.5 Å². The Hall–Kier alpha value is -0.810. The van der Waals surface area contributed by atoms with Gasteiger partial charge in [0.1, 0.15) is 5.60 Å². The van der Waals surface area contributed by atoms with E-state index in [0.717, 1.165) is 25.9 Å². The molecule has 0 spiro atoms. The van der Waals surface area contributed by atoms with Crippen LogP contribution in [0.2, 0.25) is 0 Å². The first-order valence-electron chi connectivity index (χ1n) is 7.20. The van der Waals surface area contributed by atoms with Crippen LogP contribution in [-0.2, 0) is 9.47 Å². The Morgan fingerprint density at radius 2 is 1.95 bits per heavy atom. The molecule has 2 unspecified atom stereocenters. The Kier molecular flexibility index (Phi) is 4.36. The van der Waals surface area contributed by atoms with Gasteiger partial charge in [0.15, 0.2) is 0 Å². The molecule has 0 aromatic rings. The van der Waals surface area contributed by atoms with Crippen LogP contribution in [0.25, 0.3) is 0 Å². The number of rotatable bonds is 3. The van der Waals surface area contributed by atoms with Gasteiger partial charge in [0.05, 0.1) is 6.10 Å². The van der Waals surface area contributed by atoms with E-state index < -0.39 is 5.60 Å². The summed E-state index contributed by atoms with van der Waals surface area (Å²) in [6.45, 7) is 8.59. The van der Waals surface area contributed by atoms with Crippen molar-refractivity contribution in [3.63, 3.8) is 0 Å². The summed E-state index contributed by atoms with van der Waals surface area (Å²) < 4.78 is 10.8. The minimum atomic E-state index is -0.428. The van der Waals surface area contributed by atoms with Crippen LogP contribution in [0.3, 0.4) is 0 Å². The van der Waals surface area contributed by atoms with Gasteiger partial charge in [-0.1, -0.05) is 0 Å². The third-order valence-corrected chi connectivity index (χ3v) is 3.68. The maximum Gasteiger partial charge on any atom is 0.407 e. The van der Waals surface area contributed by atoms with E-state index in [2.05, 4.69) is 17.6 Å². The van der Waals surface area contributed by atoms with Gasteiger partial charge in [0, 0.05) is 24.7 Å². The Morgan fingerprint density at radius 1 is 1.26 bits per heavy atom. The predicted octanol–water partition coefficient (Wildman–Crippen LogP) is 1.81. The zero-order valence-corrected chi connectivity index (χ0v) is 12.4. The Balaban J connectivity index is 1.62. The Labute approximate surface area is 115 Å². The number of alkyl carbamates (subject to hydrolysis) is 1. The summed E-state index contributed by atoms with van der Waals surface area (Å²) in [5, 5.41) is 6.51. The molecule has 1 saturated carbocycles. The fourth-order valence-corrected chi connectivity index (χ4v) is 2.60. The molecule has 1 saturated heterocycles. The van der Waals surface area contributed by atoms with Gasteiger partial charge in [-0.25, -0.2) is 4.79 Å². The molecular formula is C14H26N2O3. The topological polar surface area (TPSA) is 59.6 Å². The van der Waals surface area contributed by atoms with Crippen molar-refractivity contribution >= 4 is 6.09 Å². The quantitative estimate of drug-likeness (QED) is 0.821. The van der Waals surface area contributed by atoms with Crippen molar-refractivity contribution in [3.05, 3.63) is 0 Å². The molecule has 1 aliphatic carbocycles. The molecular weight excluding hydrogens is 244 g/mol. The van der Waals surface area contributed by atoms with Gasteiger partial charge in [-0.2, -0.15) is 0 Å². The van der Waals surface area contributed by atoms with Crippen molar-refractivity contribution in [1.82, 2.24) is 10.6 Å². The lowest BCUT2D eigenvalue weighted by Gasteiger charge is -2.38. The van der Waals surface area contributed by atoms with E-state index >= 15 is 0 Å². The highest BCUT2D eigenvalue weighted by molar-refractivity contribution is 5.68. The monoisotopic (exact) mass is 270 g/mol. The lowest BCUT2D eigenvalue weighted by Crippen LogP contribution is -2.56. The first-order chi connectivity index (χ1) is 8.83. The molecule has 110 valence electrons. The molecule has 1 aliphatic heterocycles. The number of ether oxygens (including phenoxy) is 2. The SMILES string of the molecule is CC1OCCC1NC1CC(NC(=O)OC(C)(C)C)C1. The van der Waals surface area contributed by atoms with E-state index in [-0.39, 0.29) is 12.1 Å². The lowest BCUT2D eigenvalue weighted by molar-refractivity contribution is 0.0456. The lowest BCUT2D eigenvalue weighted by atomic mass is 9.86. The second kappa shape index (κ2) is 5.67. The zero-order valence-electron chi connectivity index (χ0n) is 12.4. The molecule has 0 bridgehead atoms. The summed E-state index contributed by atoms with van der Waals surface area (Å²) in [6, 6.07) is 1.20. The van der Waals surface area contributed by atoms with Crippen molar-refractivity contribution in [2.75, 3.05) is 6.61 Å². The van der Waals surface area contributed by atoms with Gasteiger partial charge in [-0.15, -0.1) is 0 Å². The first-order valence-corrected chi connectivity index (χ1v) is 7.20. The van der Waals surface area contributed by atoms with Gasteiger partial charge in [-0.05, 0) is 47.0 Å². The highest BCUT2D eigenvalue weighted by atomic mass is 16.6. The van der Waals surface area contributed by atoms with Gasteiger partial charge in [0.2, 0.25) is 0 Å². The molecule has 0 aromatic heterocycles. The van der Waals surface area contributed by atoms with E-state index in [1.54, 1.807) is 0 Å². The summed E-state index contributed by atoms with van der Waals surface area (Å²) >= 11 is 0. The highest BCUT2D eigenvalue weighted by Crippen LogP contribution is 2.23. The van der Waals surface area contributed by atoms with Crippen molar-refractivity contribution in [3.8, 4) is 0 Å². The number of carbonyl (C=O) groups excluding carboxylic acids is 1. The average molecular weight is 270 g/mol. The van der Waals surface area contributed by atoms with Crippen LogP contribution in [0.15, 0.2) is 0 Å². The maximum atomic E-state index is 11.6. The molecule has 5 nitrogen and oxygen atoms in total. The van der Waals surface area contributed by atoms with Gasteiger partial charge >= 0.3 is 6.09 Å². The van der Waals surface area contributed by atoms with Crippen LogP contribution >= 0.6 is 0 Å². The summed E-state index contributed by atoms with van der Waals surface area (Å²) in [5.74, 6) is 0. The fourth-order valence-electron chi connectivity index (χ4n) is 2.60. The summed E-state index contributed by atoms with van der Waals surface area (Å²) in [4.78, 5) is 11.6. The number of hydrogen-bond donors (Lipinski definition) is 2. The van der Waals surface area contributed by atoms with E-state index in [4.69, 9.17) is 9.47 Å². The number of nitrogens with one attached hydrogen (secondary N) is 2. The minimum Gasteiger partial charge on any atom is -0.444 e. The number of hydrogen-bond acceptors (Lipinski definition) is 4. The van der Waals surface area contributed by atoms with Crippen molar-refractivity contribution < 1.29 is 14.3 Å². The molecule has 2 fully saturated rings. The van der Waals surface area contributed by atoms with Crippen LogP contribution in [0.1, 0.15) is 47.0 Å². The minimum absolute atomic E-state index is 0.241. The van der Waals surface area contributed by atoms with Gasteiger partial charge < -0.3 is 20.1 Å². The van der Waals surface area contributed by atoms with Crippen molar-refractivity contribution in [2.24, 2.45) is 0 Å². The smallest absolute Gasteiger partial charge is 0.407 e. The largest absolute Gasteiger partial charge is 0.444 e. The molecule has 2 rings (SSSR count). The van der Waals surface area contributed by atoms with E-state index in [1.165, 1.54) is 0 Å². The molecule has 1 heterocycles. The normalized spacial score (nSPS) is 34.7. The average Bonchev–Trinajstić information content (AvgIpc) is 2.58. The molecule has 0 radical (unpaired) electrons. The van der Waals surface area contributed by atoms with Crippen molar-refractivity contribution in [2.45, 2.75) is 76.8 Å². The van der Waals surface area contributed by atoms with Crippen LogP contribution in [0, 0.1) is 0 Å². The highest BCUT2D eigenvalue weighted by Gasteiger charge is 2.35. The Morgan fingerprint density at radius 3 is 2.47 bits per heavy atom. The fraction of sp³-hybridized carbons (Fsp3) is 0.929. The zero-order chi connectivity index (χ0) is 14.0. The standard InChI is InChI=1S/C14H26N2O3/c1-9-12(5-6-18-9)15-10-7-11(8-10)16-13(17)19-14(2,3)4/h9-12,15H,5-8H2,1-4H3,(H,16,17). The molecule has 19 heavy (non-hydrogen) atoms. The van der Waals surface area contributed by atoms with E-state index in [9.17, 15) is 4.79 Å². The van der Waals surface area contributed by atoms with Gasteiger partial charge in [0.25, 0.3) is 0 Å². The van der Waals surface area contributed by atoms with E-state index in [0.29, 0.717) is 18.2 Å². The van der Waals surface area contributed by atoms with Gasteiger partial charge in [-0.3, -0.25) is 0 Å². The first kappa shape index (κ1) is 14.6. The van der Waals surface area contributed by atoms with Crippen LogP contribution < -0.4 is 10.6 Å². The second-order valence-corrected chi connectivity index (χ2v) is 6.65. The third kappa shape index (κ3) is 4.35. The number of amides is 1. The molecule has 2 N–H and O–H groups in total. The maximum absolute atomic E-state index is 11.6. The second-order valence-electron chi connectivity index (χ2n) is 6.65. The van der Waals surface area contributed by atoms with Crippen LogP contribution in [0.4, 0.5) is 4.79 Å².